The number of ether oxygens (including phenoxy) is 1. The minimum Gasteiger partial charge on any atom is -0.496 e. The van der Waals surface area contributed by atoms with Crippen LogP contribution in [0.2, 0.25) is 0 Å². The van der Waals surface area contributed by atoms with Crippen molar-refractivity contribution in [1.29, 1.82) is 0 Å². The smallest absolute Gasteiger partial charge is 0.226 e. The van der Waals surface area contributed by atoms with Crippen molar-refractivity contribution < 1.29 is 13.9 Å². The standard InChI is InChI=1S/C23H21N3O3S/c1-15-8-9-19(28-2)17(12-15)18-14-30-23(25-18)26-21(27)10-11-22-24-13-20(29-22)16-6-4-3-5-7-16/h3-9,12-14H,10-11H2,1-2H3,(H,25,26,27). The lowest BCUT2D eigenvalue weighted by molar-refractivity contribution is -0.116. The fourth-order valence-electron chi connectivity index (χ4n) is 3.04. The van der Waals surface area contributed by atoms with Crippen molar-refractivity contribution in [2.24, 2.45) is 0 Å². The molecule has 1 amide bonds. The van der Waals surface area contributed by atoms with Gasteiger partial charge in [-0.3, -0.25) is 4.79 Å². The van der Waals surface area contributed by atoms with Crippen LogP contribution < -0.4 is 10.1 Å². The Labute approximate surface area is 178 Å². The molecule has 0 spiro atoms. The van der Waals surface area contributed by atoms with Crippen molar-refractivity contribution in [1.82, 2.24) is 9.97 Å². The summed E-state index contributed by atoms with van der Waals surface area (Å²) in [7, 11) is 1.63. The van der Waals surface area contributed by atoms with Crippen LogP contribution in [0.15, 0.2) is 64.5 Å². The third-order valence-corrected chi connectivity index (χ3v) is 5.32. The summed E-state index contributed by atoms with van der Waals surface area (Å²) >= 11 is 1.38. The van der Waals surface area contributed by atoms with Crippen molar-refractivity contribution in [3.05, 3.63) is 71.6 Å². The van der Waals surface area contributed by atoms with E-state index in [9.17, 15) is 4.79 Å². The number of nitrogens with zero attached hydrogens (tertiary/aromatic N) is 2. The average molecular weight is 420 g/mol. The molecule has 0 aliphatic carbocycles. The van der Waals surface area contributed by atoms with Gasteiger partial charge in [0.15, 0.2) is 16.8 Å². The van der Waals surface area contributed by atoms with Gasteiger partial charge >= 0.3 is 0 Å². The highest BCUT2D eigenvalue weighted by Crippen LogP contribution is 2.33. The molecule has 7 heteroatoms. The molecule has 0 aliphatic rings. The summed E-state index contributed by atoms with van der Waals surface area (Å²) in [6.07, 6.45) is 2.37. The number of nitrogens with one attached hydrogen (secondary N) is 1. The van der Waals surface area contributed by atoms with Gasteiger partial charge in [-0.2, -0.15) is 0 Å². The van der Waals surface area contributed by atoms with Gasteiger partial charge < -0.3 is 14.5 Å². The molecule has 0 bridgehead atoms. The Morgan fingerprint density at radius 1 is 1.20 bits per heavy atom. The third kappa shape index (κ3) is 4.58. The van der Waals surface area contributed by atoms with Crippen molar-refractivity contribution in [2.75, 3.05) is 12.4 Å². The van der Waals surface area contributed by atoms with E-state index in [0.29, 0.717) is 23.2 Å². The second kappa shape index (κ2) is 8.92. The summed E-state index contributed by atoms with van der Waals surface area (Å²) in [6, 6.07) is 15.7. The second-order valence-corrected chi connectivity index (χ2v) is 7.63. The van der Waals surface area contributed by atoms with E-state index in [-0.39, 0.29) is 12.3 Å². The Morgan fingerprint density at radius 2 is 2.03 bits per heavy atom. The summed E-state index contributed by atoms with van der Waals surface area (Å²) < 4.78 is 11.2. The Bertz CT molecular complexity index is 1150. The Morgan fingerprint density at radius 3 is 2.83 bits per heavy atom. The summed E-state index contributed by atoms with van der Waals surface area (Å²) in [5.41, 5.74) is 3.76. The van der Waals surface area contributed by atoms with Crippen LogP contribution >= 0.6 is 11.3 Å². The third-order valence-electron chi connectivity index (χ3n) is 4.56. The van der Waals surface area contributed by atoms with Crippen LogP contribution in [0.4, 0.5) is 5.13 Å². The molecule has 0 saturated carbocycles. The molecule has 2 heterocycles. The first kappa shape index (κ1) is 19.8. The van der Waals surface area contributed by atoms with Gasteiger partial charge in [-0.25, -0.2) is 9.97 Å². The zero-order valence-electron chi connectivity index (χ0n) is 16.7. The van der Waals surface area contributed by atoms with Crippen LogP contribution in [-0.2, 0) is 11.2 Å². The lowest BCUT2D eigenvalue weighted by Gasteiger charge is -2.07. The molecular formula is C23H21N3O3S. The lowest BCUT2D eigenvalue weighted by atomic mass is 10.1. The maximum Gasteiger partial charge on any atom is 0.226 e. The number of hydrogen-bond donors (Lipinski definition) is 1. The molecule has 0 atom stereocenters. The first-order chi connectivity index (χ1) is 14.6. The van der Waals surface area contributed by atoms with Crippen molar-refractivity contribution in [3.8, 4) is 28.3 Å². The molecular weight excluding hydrogens is 398 g/mol. The molecule has 0 aliphatic heterocycles. The Balaban J connectivity index is 1.37. The Hall–Kier alpha value is -3.45. The number of methoxy groups -OCH3 is 1. The summed E-state index contributed by atoms with van der Waals surface area (Å²) in [5, 5.41) is 5.31. The summed E-state index contributed by atoms with van der Waals surface area (Å²) in [6.45, 7) is 2.02. The van der Waals surface area contributed by atoms with Gasteiger partial charge in [-0.05, 0) is 19.1 Å². The monoisotopic (exact) mass is 419 g/mol. The minimum absolute atomic E-state index is 0.133. The van der Waals surface area contributed by atoms with Crippen LogP contribution in [0.1, 0.15) is 17.9 Å². The number of carbonyl (C=O) groups is 1. The molecule has 2 aromatic carbocycles. The predicted octanol–water partition coefficient (Wildman–Crippen LogP) is 5.35. The number of thiazole rings is 1. The molecule has 0 fully saturated rings. The summed E-state index contributed by atoms with van der Waals surface area (Å²) in [4.78, 5) is 21.2. The molecule has 30 heavy (non-hydrogen) atoms. The lowest BCUT2D eigenvalue weighted by Crippen LogP contribution is -2.12. The van der Waals surface area contributed by atoms with Crippen molar-refractivity contribution >= 4 is 22.4 Å². The van der Waals surface area contributed by atoms with Gasteiger partial charge in [0, 0.05) is 29.3 Å². The number of amides is 1. The zero-order valence-corrected chi connectivity index (χ0v) is 17.5. The van der Waals surface area contributed by atoms with Gasteiger partial charge in [0.25, 0.3) is 0 Å². The largest absolute Gasteiger partial charge is 0.496 e. The molecule has 0 saturated heterocycles. The van der Waals surface area contributed by atoms with Crippen LogP contribution in [0.5, 0.6) is 5.75 Å². The van der Waals surface area contributed by atoms with Gasteiger partial charge in [0.2, 0.25) is 5.91 Å². The van der Waals surface area contributed by atoms with E-state index in [2.05, 4.69) is 15.3 Å². The summed E-state index contributed by atoms with van der Waals surface area (Å²) in [5.74, 6) is 1.85. The zero-order chi connectivity index (χ0) is 20.9. The molecule has 2 aromatic heterocycles. The molecule has 6 nitrogen and oxygen atoms in total. The van der Waals surface area contributed by atoms with Crippen molar-refractivity contribution in [3.63, 3.8) is 0 Å². The Kier molecular flexibility index (Phi) is 5.90. The number of hydrogen-bond acceptors (Lipinski definition) is 6. The van der Waals surface area contributed by atoms with Gasteiger partial charge in [0.05, 0.1) is 19.0 Å². The molecule has 1 N–H and O–H groups in total. The number of oxazole rings is 1. The molecule has 4 rings (SSSR count). The van der Waals surface area contributed by atoms with E-state index in [0.717, 1.165) is 28.1 Å². The molecule has 0 unspecified atom stereocenters. The van der Waals surface area contributed by atoms with Gasteiger partial charge in [0.1, 0.15) is 5.75 Å². The van der Waals surface area contributed by atoms with E-state index >= 15 is 0 Å². The highest BCUT2D eigenvalue weighted by molar-refractivity contribution is 7.14. The van der Waals surface area contributed by atoms with E-state index in [4.69, 9.17) is 9.15 Å². The number of aromatic nitrogens is 2. The van der Waals surface area contributed by atoms with Crippen molar-refractivity contribution in [2.45, 2.75) is 19.8 Å². The first-order valence-electron chi connectivity index (χ1n) is 9.53. The predicted molar refractivity (Wildman–Crippen MR) is 118 cm³/mol. The van der Waals surface area contributed by atoms with E-state index in [1.54, 1.807) is 13.3 Å². The fraction of sp³-hybridized carbons (Fsp3) is 0.174. The quantitative estimate of drug-likeness (QED) is 0.437. The van der Waals surface area contributed by atoms with Crippen LogP contribution in [0.25, 0.3) is 22.6 Å². The number of aryl methyl sites for hydroxylation is 2. The number of benzene rings is 2. The number of anilines is 1. The average Bonchev–Trinajstić information content (AvgIpc) is 3.43. The topological polar surface area (TPSA) is 77.2 Å². The first-order valence-corrected chi connectivity index (χ1v) is 10.4. The fourth-order valence-corrected chi connectivity index (χ4v) is 3.77. The SMILES string of the molecule is COc1ccc(C)cc1-c1csc(NC(=O)CCc2ncc(-c3ccccc3)o2)n1. The van der Waals surface area contributed by atoms with E-state index in [1.165, 1.54) is 11.3 Å². The van der Waals surface area contributed by atoms with E-state index < -0.39 is 0 Å². The number of carbonyl (C=O) groups excluding carboxylic acids is 1. The maximum atomic E-state index is 12.3. The maximum absolute atomic E-state index is 12.3. The van der Waals surface area contributed by atoms with Crippen LogP contribution in [0, 0.1) is 6.92 Å². The number of rotatable bonds is 7. The molecule has 0 radical (unpaired) electrons. The molecule has 152 valence electrons. The van der Waals surface area contributed by atoms with Crippen LogP contribution in [-0.4, -0.2) is 23.0 Å². The molecule has 4 aromatic rings. The second-order valence-electron chi connectivity index (χ2n) is 6.77. The minimum atomic E-state index is -0.133. The van der Waals surface area contributed by atoms with Gasteiger partial charge in [-0.1, -0.05) is 42.0 Å². The highest BCUT2D eigenvalue weighted by Gasteiger charge is 2.13. The highest BCUT2D eigenvalue weighted by atomic mass is 32.1. The normalized spacial score (nSPS) is 10.7. The van der Waals surface area contributed by atoms with Gasteiger partial charge in [-0.15, -0.1) is 11.3 Å². The van der Waals surface area contributed by atoms with Crippen LogP contribution in [0.3, 0.4) is 0 Å². The van der Waals surface area contributed by atoms with E-state index in [1.807, 2.05) is 60.8 Å².